The van der Waals surface area contributed by atoms with Crippen LogP contribution in [0, 0.1) is 5.41 Å². The van der Waals surface area contributed by atoms with Gasteiger partial charge in [-0.25, -0.2) is 0 Å². The summed E-state index contributed by atoms with van der Waals surface area (Å²) in [6.45, 7) is 7.37. The van der Waals surface area contributed by atoms with E-state index >= 15 is 0 Å². The Morgan fingerprint density at radius 3 is 2.60 bits per heavy atom. The number of ketones is 1. The van der Waals surface area contributed by atoms with Gasteiger partial charge in [-0.05, 0) is 48.7 Å². The standard InChI is InChI=1S/C28H30N2O4S/c1-18-13-20-10-6-7-12-22(20)30(18)25(32)17-29-26(16-24(31)28(2,3)4)35-23(27(29)33)15-19-9-8-11-21(14-19)34-5/h6-12,14-16,18H,13,17H2,1-5H3/b23-15-,26-16-. The quantitative estimate of drug-likeness (QED) is 0.551. The van der Waals surface area contributed by atoms with Gasteiger partial charge in [-0.2, -0.15) is 0 Å². The van der Waals surface area contributed by atoms with Crippen LogP contribution >= 0.6 is 11.3 Å². The Morgan fingerprint density at radius 1 is 1.14 bits per heavy atom. The van der Waals surface area contributed by atoms with Crippen LogP contribution in [0.5, 0.6) is 5.75 Å². The van der Waals surface area contributed by atoms with Gasteiger partial charge >= 0.3 is 0 Å². The minimum atomic E-state index is -0.603. The van der Waals surface area contributed by atoms with Crippen molar-refractivity contribution in [3.8, 4) is 5.75 Å². The molecule has 1 unspecified atom stereocenters. The Bertz CT molecular complexity index is 1460. The third kappa shape index (κ3) is 5.15. The zero-order chi connectivity index (χ0) is 25.3. The van der Waals surface area contributed by atoms with Crippen LogP contribution in [0.4, 0.5) is 5.69 Å². The summed E-state index contributed by atoms with van der Waals surface area (Å²) < 4.78 is 7.64. The van der Waals surface area contributed by atoms with E-state index in [2.05, 4.69) is 0 Å². The number of thiazole rings is 1. The Balaban J connectivity index is 1.80. The first kappa shape index (κ1) is 24.7. The third-order valence-electron chi connectivity index (χ3n) is 6.09. The molecule has 1 atom stereocenters. The fourth-order valence-corrected chi connectivity index (χ4v) is 5.20. The summed E-state index contributed by atoms with van der Waals surface area (Å²) in [5, 5.41) is 0. The highest BCUT2D eigenvalue weighted by Gasteiger charge is 2.31. The van der Waals surface area contributed by atoms with E-state index in [9.17, 15) is 14.4 Å². The second-order valence-electron chi connectivity index (χ2n) is 9.82. The highest BCUT2D eigenvalue weighted by atomic mass is 32.1. The molecule has 1 aromatic heterocycles. The number of aromatic nitrogens is 1. The molecule has 1 aliphatic rings. The molecule has 0 bridgehead atoms. The summed E-state index contributed by atoms with van der Waals surface area (Å²) in [7, 11) is 1.59. The van der Waals surface area contributed by atoms with Crippen LogP contribution in [0.15, 0.2) is 53.3 Å². The van der Waals surface area contributed by atoms with Gasteiger partial charge in [0.25, 0.3) is 5.56 Å². The van der Waals surface area contributed by atoms with Crippen LogP contribution < -0.4 is 24.4 Å². The number of rotatable bonds is 5. The number of nitrogens with zero attached hydrogens (tertiary/aromatic N) is 2. The van der Waals surface area contributed by atoms with Crippen molar-refractivity contribution in [3.63, 3.8) is 0 Å². The maximum Gasteiger partial charge on any atom is 0.269 e. The van der Waals surface area contributed by atoms with Gasteiger partial charge in [0.1, 0.15) is 17.0 Å². The van der Waals surface area contributed by atoms with Crippen molar-refractivity contribution >= 4 is 40.9 Å². The average Bonchev–Trinajstić information content (AvgIpc) is 3.29. The predicted octanol–water partition coefficient (Wildman–Crippen LogP) is 3.12. The number of hydrogen-bond acceptors (Lipinski definition) is 5. The molecule has 6 nitrogen and oxygen atoms in total. The monoisotopic (exact) mass is 490 g/mol. The van der Waals surface area contributed by atoms with Crippen LogP contribution in [-0.2, 0) is 22.6 Å². The van der Waals surface area contributed by atoms with Crippen LogP contribution in [-0.4, -0.2) is 29.4 Å². The topological polar surface area (TPSA) is 68.6 Å². The molecule has 0 saturated carbocycles. The van der Waals surface area contributed by atoms with Crippen molar-refractivity contribution in [3.05, 3.63) is 79.2 Å². The zero-order valence-electron chi connectivity index (χ0n) is 20.7. The van der Waals surface area contributed by atoms with Crippen LogP contribution in [0.25, 0.3) is 12.2 Å². The molecule has 0 radical (unpaired) electrons. The van der Waals surface area contributed by atoms with Crippen LogP contribution in [0.2, 0.25) is 0 Å². The predicted molar refractivity (Wildman–Crippen MR) is 140 cm³/mol. The number of Topliss-reactive ketones (excluding diaryl/α,β-unsaturated/α-hetero) is 1. The number of hydrogen-bond donors (Lipinski definition) is 0. The summed E-state index contributed by atoms with van der Waals surface area (Å²) in [6, 6.07) is 15.2. The number of anilines is 1. The second-order valence-corrected chi connectivity index (χ2v) is 10.9. The molecule has 2 heterocycles. The lowest BCUT2D eigenvalue weighted by atomic mass is 9.91. The zero-order valence-corrected chi connectivity index (χ0v) is 21.5. The molecule has 0 spiro atoms. The number of benzene rings is 2. The molecular formula is C28H30N2O4S. The van der Waals surface area contributed by atoms with Crippen molar-refractivity contribution in [2.75, 3.05) is 12.0 Å². The Morgan fingerprint density at radius 2 is 1.89 bits per heavy atom. The number of methoxy groups -OCH3 is 1. The fourth-order valence-electron chi connectivity index (χ4n) is 4.16. The van der Waals surface area contributed by atoms with Gasteiger partial charge in [-0.3, -0.25) is 19.0 Å². The van der Waals surface area contributed by atoms with E-state index in [0.29, 0.717) is 14.9 Å². The summed E-state index contributed by atoms with van der Waals surface area (Å²) in [6.07, 6.45) is 4.03. The van der Waals surface area contributed by atoms with Crippen LogP contribution in [0.3, 0.4) is 0 Å². The molecule has 0 N–H and O–H groups in total. The number of carbonyl (C=O) groups excluding carboxylic acids is 2. The first-order valence-electron chi connectivity index (χ1n) is 11.6. The first-order chi connectivity index (χ1) is 16.6. The summed E-state index contributed by atoms with van der Waals surface area (Å²) in [5.41, 5.74) is 1.91. The smallest absolute Gasteiger partial charge is 0.269 e. The molecule has 4 rings (SSSR count). The van der Waals surface area contributed by atoms with Gasteiger partial charge in [-0.1, -0.05) is 51.1 Å². The van der Waals surface area contributed by atoms with Crippen molar-refractivity contribution in [2.45, 2.75) is 46.7 Å². The Kier molecular flexibility index (Phi) is 6.81. The molecular weight excluding hydrogens is 460 g/mol. The van der Waals surface area contributed by atoms with Crippen molar-refractivity contribution in [1.29, 1.82) is 0 Å². The first-order valence-corrected chi connectivity index (χ1v) is 12.4. The van der Waals surface area contributed by atoms with E-state index in [-0.39, 0.29) is 29.8 Å². The molecule has 0 saturated heterocycles. The van der Waals surface area contributed by atoms with Crippen molar-refractivity contribution in [2.24, 2.45) is 5.41 Å². The number of carbonyl (C=O) groups is 2. The highest BCUT2D eigenvalue weighted by molar-refractivity contribution is 7.07. The summed E-state index contributed by atoms with van der Waals surface area (Å²) in [4.78, 5) is 41.5. The lowest BCUT2D eigenvalue weighted by Gasteiger charge is -2.23. The normalized spacial score (nSPS) is 16.5. The molecule has 182 valence electrons. The van der Waals surface area contributed by atoms with E-state index in [1.807, 2.05) is 76.2 Å². The number of ether oxygens (including phenoxy) is 1. The van der Waals surface area contributed by atoms with Gasteiger partial charge in [0.15, 0.2) is 5.78 Å². The minimum absolute atomic E-state index is 0.000640. The Hall–Kier alpha value is -3.45. The number of fused-ring (bicyclic) bond motifs is 1. The molecule has 3 aromatic rings. The fraction of sp³-hybridized carbons (Fsp3) is 0.321. The lowest BCUT2D eigenvalue weighted by Crippen LogP contribution is -2.43. The van der Waals surface area contributed by atoms with Crippen molar-refractivity contribution in [1.82, 2.24) is 4.57 Å². The summed E-state index contributed by atoms with van der Waals surface area (Å²) in [5.74, 6) is 0.406. The van der Waals surface area contributed by atoms with Crippen molar-refractivity contribution < 1.29 is 14.3 Å². The second kappa shape index (κ2) is 9.66. The van der Waals surface area contributed by atoms with Gasteiger partial charge < -0.3 is 9.64 Å². The SMILES string of the molecule is COc1cccc(/C=c2\s/c(=C\C(=O)C(C)(C)C)n(CC(=O)N3c4ccccc4CC3C)c2=O)c1. The summed E-state index contributed by atoms with van der Waals surface area (Å²) >= 11 is 1.22. The van der Waals surface area contributed by atoms with E-state index in [1.165, 1.54) is 22.0 Å². The van der Waals surface area contributed by atoms with E-state index in [0.717, 1.165) is 23.2 Å². The molecule has 35 heavy (non-hydrogen) atoms. The van der Waals surface area contributed by atoms with E-state index in [1.54, 1.807) is 18.1 Å². The van der Waals surface area contributed by atoms with Crippen LogP contribution in [0.1, 0.15) is 38.8 Å². The maximum atomic E-state index is 13.5. The molecule has 7 heteroatoms. The average molecular weight is 491 g/mol. The molecule has 1 amide bonds. The van der Waals surface area contributed by atoms with Gasteiger partial charge in [-0.15, -0.1) is 11.3 Å². The van der Waals surface area contributed by atoms with Gasteiger partial charge in [0, 0.05) is 23.2 Å². The largest absolute Gasteiger partial charge is 0.497 e. The maximum absolute atomic E-state index is 13.5. The highest BCUT2D eigenvalue weighted by Crippen LogP contribution is 2.31. The molecule has 0 fully saturated rings. The van der Waals surface area contributed by atoms with Gasteiger partial charge in [0.2, 0.25) is 5.91 Å². The van der Waals surface area contributed by atoms with E-state index in [4.69, 9.17) is 4.74 Å². The van der Waals surface area contributed by atoms with E-state index < -0.39 is 5.41 Å². The minimum Gasteiger partial charge on any atom is -0.497 e. The molecule has 0 aliphatic carbocycles. The third-order valence-corrected chi connectivity index (χ3v) is 7.15. The lowest BCUT2D eigenvalue weighted by molar-refractivity contribution is -0.120. The van der Waals surface area contributed by atoms with Gasteiger partial charge in [0.05, 0.1) is 11.6 Å². The molecule has 2 aromatic carbocycles. The Labute approximate surface area is 208 Å². The number of para-hydroxylation sites is 1. The molecule has 1 aliphatic heterocycles. The number of amides is 1.